The highest BCUT2D eigenvalue weighted by atomic mass is 16.5. The molecule has 3 aromatic rings. The van der Waals surface area contributed by atoms with Crippen LogP contribution in [0.3, 0.4) is 0 Å². The summed E-state index contributed by atoms with van der Waals surface area (Å²) in [6, 6.07) is 8.39. The summed E-state index contributed by atoms with van der Waals surface area (Å²) in [6.07, 6.45) is 1.72. The van der Waals surface area contributed by atoms with Gasteiger partial charge in [0.15, 0.2) is 11.7 Å². The minimum Gasteiger partial charge on any atom is -0.480 e. The predicted molar refractivity (Wildman–Crippen MR) is 94.7 cm³/mol. The number of fused-ring (bicyclic) bond motifs is 1. The van der Waals surface area contributed by atoms with E-state index in [1.807, 2.05) is 30.3 Å². The molecule has 1 amide bonds. The molecule has 1 aliphatic heterocycles. The highest BCUT2D eigenvalue weighted by Crippen LogP contribution is 2.20. The first-order valence-electron chi connectivity index (χ1n) is 8.45. The number of ether oxygens (including phenoxy) is 1. The molecule has 1 N–H and O–H groups in total. The Morgan fingerprint density at radius 3 is 2.96 bits per heavy atom. The number of rotatable bonds is 3. The van der Waals surface area contributed by atoms with Gasteiger partial charge in [0.25, 0.3) is 5.91 Å². The first kappa shape index (κ1) is 17.1. The molecule has 2 aromatic heterocycles. The topological polar surface area (TPSA) is 110 Å². The molecular weight excluding hydrogens is 350 g/mol. The molecular formula is C18H17N5O4. The number of aliphatic carboxylic acids is 1. The quantitative estimate of drug-likeness (QED) is 0.736. The minimum absolute atomic E-state index is 0.0358. The zero-order valence-corrected chi connectivity index (χ0v) is 14.6. The number of amides is 1. The monoisotopic (exact) mass is 367 g/mol. The number of carbonyl (C=O) groups excluding carboxylic acids is 1. The van der Waals surface area contributed by atoms with Crippen LogP contribution in [-0.2, 0) is 9.53 Å². The van der Waals surface area contributed by atoms with Crippen molar-refractivity contribution in [2.75, 3.05) is 19.8 Å². The normalized spacial score (nSPS) is 17.2. The van der Waals surface area contributed by atoms with E-state index in [9.17, 15) is 14.7 Å². The van der Waals surface area contributed by atoms with E-state index in [-0.39, 0.29) is 18.8 Å². The van der Waals surface area contributed by atoms with Crippen LogP contribution >= 0.6 is 0 Å². The standard InChI is InChI=1S/C18H17N5O4/c1-11-16(17(24)22-7-8-27-10-15(22)18(25)26)20-21-23(11)13-4-5-14-12(9-13)3-2-6-19-14/h2-6,9,15H,7-8,10H2,1H3,(H,25,26). The van der Waals surface area contributed by atoms with Crippen LogP contribution in [0.2, 0.25) is 0 Å². The minimum atomic E-state index is -1.10. The Labute approximate surface area is 154 Å². The lowest BCUT2D eigenvalue weighted by molar-refractivity contribution is -0.147. The van der Waals surface area contributed by atoms with Gasteiger partial charge < -0.3 is 14.7 Å². The second kappa shape index (κ2) is 6.76. The number of aromatic nitrogens is 4. The maximum absolute atomic E-state index is 12.9. The van der Waals surface area contributed by atoms with Gasteiger partial charge in [-0.3, -0.25) is 9.78 Å². The summed E-state index contributed by atoms with van der Waals surface area (Å²) in [5, 5.41) is 18.4. The van der Waals surface area contributed by atoms with E-state index in [0.29, 0.717) is 12.3 Å². The number of hydrogen-bond donors (Lipinski definition) is 1. The van der Waals surface area contributed by atoms with Gasteiger partial charge in [-0.25, -0.2) is 9.48 Å². The summed E-state index contributed by atoms with van der Waals surface area (Å²) in [7, 11) is 0. The van der Waals surface area contributed by atoms with Gasteiger partial charge in [-0.05, 0) is 31.2 Å². The van der Waals surface area contributed by atoms with Crippen molar-refractivity contribution in [3.05, 3.63) is 47.9 Å². The van der Waals surface area contributed by atoms with Gasteiger partial charge in [-0.2, -0.15) is 0 Å². The Morgan fingerprint density at radius 1 is 1.30 bits per heavy atom. The van der Waals surface area contributed by atoms with Gasteiger partial charge in [0, 0.05) is 18.1 Å². The summed E-state index contributed by atoms with van der Waals surface area (Å²) in [6.45, 7) is 2.19. The molecule has 138 valence electrons. The van der Waals surface area contributed by atoms with E-state index in [1.165, 1.54) is 4.90 Å². The van der Waals surface area contributed by atoms with Gasteiger partial charge in [-0.1, -0.05) is 11.3 Å². The molecule has 0 aliphatic carbocycles. The summed E-state index contributed by atoms with van der Waals surface area (Å²) in [4.78, 5) is 29.8. The van der Waals surface area contributed by atoms with Gasteiger partial charge in [0.05, 0.1) is 30.1 Å². The number of pyridine rings is 1. The van der Waals surface area contributed by atoms with Crippen molar-refractivity contribution >= 4 is 22.8 Å². The van der Waals surface area contributed by atoms with E-state index < -0.39 is 17.9 Å². The number of carboxylic acids is 1. The van der Waals surface area contributed by atoms with Gasteiger partial charge in [-0.15, -0.1) is 5.10 Å². The fourth-order valence-electron chi connectivity index (χ4n) is 3.15. The zero-order valence-electron chi connectivity index (χ0n) is 14.6. The van der Waals surface area contributed by atoms with Crippen LogP contribution in [0.5, 0.6) is 0 Å². The van der Waals surface area contributed by atoms with E-state index in [2.05, 4.69) is 15.3 Å². The third-order valence-corrected chi connectivity index (χ3v) is 4.60. The van der Waals surface area contributed by atoms with Gasteiger partial charge >= 0.3 is 5.97 Å². The molecule has 1 fully saturated rings. The molecule has 1 saturated heterocycles. The molecule has 0 saturated carbocycles. The number of nitrogens with zero attached hydrogens (tertiary/aromatic N) is 5. The Hall–Kier alpha value is -3.33. The van der Waals surface area contributed by atoms with Crippen LogP contribution in [-0.4, -0.2) is 67.7 Å². The molecule has 4 rings (SSSR count). The van der Waals surface area contributed by atoms with Crippen LogP contribution in [0.15, 0.2) is 36.5 Å². The number of carboxylic acid groups (broad SMARTS) is 1. The number of benzene rings is 1. The van der Waals surface area contributed by atoms with Crippen molar-refractivity contribution in [2.24, 2.45) is 0 Å². The summed E-state index contributed by atoms with van der Waals surface area (Å²) in [5.74, 6) is -1.56. The van der Waals surface area contributed by atoms with E-state index >= 15 is 0 Å². The number of hydrogen-bond acceptors (Lipinski definition) is 6. The predicted octanol–water partition coefficient (Wildman–Crippen LogP) is 1.05. The first-order chi connectivity index (χ1) is 13.1. The first-order valence-corrected chi connectivity index (χ1v) is 8.45. The fourth-order valence-corrected chi connectivity index (χ4v) is 3.15. The Bertz CT molecular complexity index is 1030. The highest BCUT2D eigenvalue weighted by molar-refractivity contribution is 5.96. The van der Waals surface area contributed by atoms with E-state index in [4.69, 9.17) is 4.74 Å². The molecule has 1 aliphatic rings. The van der Waals surface area contributed by atoms with Crippen LogP contribution in [0.4, 0.5) is 0 Å². The molecule has 1 atom stereocenters. The van der Waals surface area contributed by atoms with Gasteiger partial charge in [0.1, 0.15) is 0 Å². The third-order valence-electron chi connectivity index (χ3n) is 4.60. The second-order valence-electron chi connectivity index (χ2n) is 6.24. The summed E-state index contributed by atoms with van der Waals surface area (Å²) < 4.78 is 6.75. The zero-order chi connectivity index (χ0) is 19.0. The third kappa shape index (κ3) is 3.02. The number of morpholine rings is 1. The van der Waals surface area contributed by atoms with Crippen LogP contribution in [0, 0.1) is 6.92 Å². The van der Waals surface area contributed by atoms with Crippen LogP contribution in [0.25, 0.3) is 16.6 Å². The molecule has 27 heavy (non-hydrogen) atoms. The summed E-state index contributed by atoms with van der Waals surface area (Å²) >= 11 is 0. The largest absolute Gasteiger partial charge is 0.480 e. The molecule has 0 radical (unpaired) electrons. The van der Waals surface area contributed by atoms with Crippen molar-refractivity contribution < 1.29 is 19.4 Å². The maximum Gasteiger partial charge on any atom is 0.328 e. The molecule has 0 bridgehead atoms. The lowest BCUT2D eigenvalue weighted by Gasteiger charge is -2.32. The lowest BCUT2D eigenvalue weighted by Crippen LogP contribution is -2.52. The van der Waals surface area contributed by atoms with Crippen LogP contribution in [0.1, 0.15) is 16.2 Å². The van der Waals surface area contributed by atoms with Crippen molar-refractivity contribution in [3.8, 4) is 5.69 Å². The average molecular weight is 367 g/mol. The fraction of sp³-hybridized carbons (Fsp3) is 0.278. The van der Waals surface area contributed by atoms with E-state index in [1.54, 1.807) is 17.8 Å². The Morgan fingerprint density at radius 2 is 2.15 bits per heavy atom. The van der Waals surface area contributed by atoms with Crippen molar-refractivity contribution in [3.63, 3.8) is 0 Å². The molecule has 1 aromatic carbocycles. The second-order valence-corrected chi connectivity index (χ2v) is 6.24. The molecule has 3 heterocycles. The average Bonchev–Trinajstić information content (AvgIpc) is 3.08. The Kier molecular flexibility index (Phi) is 4.28. The highest BCUT2D eigenvalue weighted by Gasteiger charge is 2.35. The van der Waals surface area contributed by atoms with E-state index in [0.717, 1.165) is 16.6 Å². The molecule has 9 heteroatoms. The SMILES string of the molecule is Cc1c(C(=O)N2CCOCC2C(=O)O)nnn1-c1ccc2ncccc2c1. The van der Waals surface area contributed by atoms with Crippen molar-refractivity contribution in [1.29, 1.82) is 0 Å². The molecule has 0 spiro atoms. The maximum atomic E-state index is 12.9. The van der Waals surface area contributed by atoms with Crippen molar-refractivity contribution in [2.45, 2.75) is 13.0 Å². The summed E-state index contributed by atoms with van der Waals surface area (Å²) in [5.41, 5.74) is 2.28. The van der Waals surface area contributed by atoms with Gasteiger partial charge in [0.2, 0.25) is 0 Å². The van der Waals surface area contributed by atoms with Crippen molar-refractivity contribution in [1.82, 2.24) is 24.9 Å². The number of carbonyl (C=O) groups is 2. The molecule has 9 nitrogen and oxygen atoms in total. The lowest BCUT2D eigenvalue weighted by atomic mass is 10.2. The van der Waals surface area contributed by atoms with Crippen LogP contribution < -0.4 is 0 Å². The smallest absolute Gasteiger partial charge is 0.328 e. The Balaban J connectivity index is 1.68. The molecule has 1 unspecified atom stereocenters.